The first-order chi connectivity index (χ1) is 22.2. The van der Waals surface area contributed by atoms with Crippen LogP contribution in [0.1, 0.15) is 47.7 Å². The van der Waals surface area contributed by atoms with Crippen molar-refractivity contribution in [2.75, 3.05) is 18.1 Å². The highest BCUT2D eigenvalue weighted by atomic mass is 32.1. The summed E-state index contributed by atoms with van der Waals surface area (Å²) in [6, 6.07) is 38.0. The third-order valence-corrected chi connectivity index (χ3v) is 9.88. The number of hydrogen-bond acceptors (Lipinski definition) is 5. The topological polar surface area (TPSA) is 60.2 Å². The molecule has 1 aliphatic rings. The van der Waals surface area contributed by atoms with Crippen LogP contribution in [0.25, 0.3) is 10.2 Å². The van der Waals surface area contributed by atoms with E-state index in [1.807, 2.05) is 29.4 Å². The lowest BCUT2D eigenvalue weighted by atomic mass is 9.77. The Balaban J connectivity index is 1.33. The molecule has 4 aromatic carbocycles. The summed E-state index contributed by atoms with van der Waals surface area (Å²) >= 11 is 1.58. The van der Waals surface area contributed by atoms with E-state index in [4.69, 9.17) is 14.7 Å². The minimum Gasteiger partial charge on any atom is -0.381 e. The SMILES string of the molecule is CCc1ccc2nc(N(Cc3cn(C(c4ccccc4)(c4ccccc4)c4ccccc4)cn3)C(=O)C3CCOCC3)sc2c1. The lowest BCUT2D eigenvalue weighted by molar-refractivity contribution is -0.125. The van der Waals surface area contributed by atoms with Gasteiger partial charge in [-0.15, -0.1) is 0 Å². The highest BCUT2D eigenvalue weighted by molar-refractivity contribution is 7.22. The van der Waals surface area contributed by atoms with Crippen molar-refractivity contribution in [1.82, 2.24) is 14.5 Å². The molecule has 6 aromatic rings. The van der Waals surface area contributed by atoms with Gasteiger partial charge in [0, 0.05) is 25.3 Å². The van der Waals surface area contributed by atoms with E-state index >= 15 is 0 Å². The molecule has 0 unspecified atom stereocenters. The molecule has 0 spiro atoms. The lowest BCUT2D eigenvalue weighted by Gasteiger charge is -2.37. The number of carbonyl (C=O) groups is 1. The average molecular weight is 613 g/mol. The molecule has 1 fully saturated rings. The van der Waals surface area contributed by atoms with E-state index < -0.39 is 5.54 Å². The number of aromatic nitrogens is 3. The Kier molecular flexibility index (Phi) is 8.29. The number of amides is 1. The third kappa shape index (κ3) is 5.58. The second-order valence-electron chi connectivity index (χ2n) is 11.5. The number of ether oxygens (including phenoxy) is 1. The Morgan fingerprint density at radius 3 is 2.07 bits per heavy atom. The van der Waals surface area contributed by atoms with Crippen LogP contribution in [-0.2, 0) is 28.0 Å². The zero-order valence-electron chi connectivity index (χ0n) is 25.4. The van der Waals surface area contributed by atoms with Gasteiger partial charge in [-0.25, -0.2) is 9.97 Å². The smallest absolute Gasteiger partial charge is 0.232 e. The molecular formula is C38H36N4O2S. The molecule has 0 radical (unpaired) electrons. The van der Waals surface area contributed by atoms with Crippen molar-refractivity contribution in [2.24, 2.45) is 5.92 Å². The van der Waals surface area contributed by atoms with Crippen LogP contribution >= 0.6 is 11.3 Å². The summed E-state index contributed by atoms with van der Waals surface area (Å²) in [5, 5.41) is 0.713. The standard InChI is InChI=1S/C38H36N4O2S/c1-2-28-18-19-34-35(24-28)45-37(40-34)42(36(43)29-20-22-44-23-21-29)26-33-25-41(27-39-33)38(30-12-6-3-7-13-30,31-14-8-4-9-15-31)32-16-10-5-11-17-32/h3-19,24-25,27,29H,2,20-23,26H2,1H3. The number of fused-ring (bicyclic) bond motifs is 1. The largest absolute Gasteiger partial charge is 0.381 e. The monoisotopic (exact) mass is 612 g/mol. The van der Waals surface area contributed by atoms with Gasteiger partial charge in [0.1, 0.15) is 5.54 Å². The number of rotatable bonds is 9. The zero-order chi connectivity index (χ0) is 30.6. The van der Waals surface area contributed by atoms with Gasteiger partial charge in [-0.05, 0) is 53.6 Å². The Morgan fingerprint density at radius 2 is 1.49 bits per heavy atom. The normalized spacial score (nSPS) is 14.1. The molecule has 1 amide bonds. The molecule has 7 rings (SSSR count). The summed E-state index contributed by atoms with van der Waals surface area (Å²) in [5.74, 6) is -0.0147. The molecule has 2 aromatic heterocycles. The van der Waals surface area contributed by atoms with Crippen LogP contribution in [0.15, 0.2) is 122 Å². The van der Waals surface area contributed by atoms with E-state index in [9.17, 15) is 4.79 Å². The maximum absolute atomic E-state index is 14.2. The second kappa shape index (κ2) is 12.8. The van der Waals surface area contributed by atoms with Crippen molar-refractivity contribution in [3.63, 3.8) is 0 Å². The quantitative estimate of drug-likeness (QED) is 0.156. The number of anilines is 1. The molecular weight excluding hydrogens is 577 g/mol. The summed E-state index contributed by atoms with van der Waals surface area (Å²) in [6.07, 6.45) is 6.39. The van der Waals surface area contributed by atoms with Crippen molar-refractivity contribution < 1.29 is 9.53 Å². The van der Waals surface area contributed by atoms with Gasteiger partial charge in [-0.3, -0.25) is 9.69 Å². The second-order valence-corrected chi connectivity index (χ2v) is 12.6. The first kappa shape index (κ1) is 29.1. The van der Waals surface area contributed by atoms with Crippen LogP contribution in [-0.4, -0.2) is 33.7 Å². The Morgan fingerprint density at radius 1 is 0.889 bits per heavy atom. The third-order valence-electron chi connectivity index (χ3n) is 8.84. The molecule has 45 heavy (non-hydrogen) atoms. The van der Waals surface area contributed by atoms with Crippen LogP contribution in [0.2, 0.25) is 0 Å². The fourth-order valence-electron chi connectivity index (χ4n) is 6.47. The van der Waals surface area contributed by atoms with Gasteiger partial charge in [0.2, 0.25) is 5.91 Å². The van der Waals surface area contributed by atoms with Crippen LogP contribution in [0.5, 0.6) is 0 Å². The molecule has 0 N–H and O–H groups in total. The van der Waals surface area contributed by atoms with Crippen LogP contribution in [0.3, 0.4) is 0 Å². The number of carbonyl (C=O) groups excluding carboxylic acids is 1. The first-order valence-corrected chi connectivity index (χ1v) is 16.5. The van der Waals surface area contributed by atoms with Crippen molar-refractivity contribution in [3.05, 3.63) is 150 Å². The van der Waals surface area contributed by atoms with E-state index in [1.165, 1.54) is 5.56 Å². The first-order valence-electron chi connectivity index (χ1n) is 15.7. The van der Waals surface area contributed by atoms with E-state index in [1.54, 1.807) is 11.3 Å². The summed E-state index contributed by atoms with van der Waals surface area (Å²) in [6.45, 7) is 3.69. The number of nitrogens with zero attached hydrogens (tertiary/aromatic N) is 4. The van der Waals surface area contributed by atoms with Gasteiger partial charge in [0.25, 0.3) is 0 Å². The minimum absolute atomic E-state index is 0.0862. The van der Waals surface area contributed by atoms with E-state index in [-0.39, 0.29) is 11.8 Å². The summed E-state index contributed by atoms with van der Waals surface area (Å²) in [4.78, 5) is 25.9. The molecule has 0 aliphatic carbocycles. The van der Waals surface area contributed by atoms with Crippen molar-refractivity contribution in [3.8, 4) is 0 Å². The minimum atomic E-state index is -0.670. The number of benzene rings is 4. The fourth-order valence-corrected chi connectivity index (χ4v) is 7.51. The molecule has 0 atom stereocenters. The highest BCUT2D eigenvalue weighted by Gasteiger charge is 2.39. The Bertz CT molecular complexity index is 1780. The predicted octanol–water partition coefficient (Wildman–Crippen LogP) is 7.86. The molecule has 3 heterocycles. The van der Waals surface area contributed by atoms with Gasteiger partial charge in [-0.1, -0.05) is 115 Å². The average Bonchev–Trinajstić information content (AvgIpc) is 3.76. The summed E-state index contributed by atoms with van der Waals surface area (Å²) in [5.41, 5.74) is 5.68. The fraction of sp³-hybridized carbons (Fsp3) is 0.237. The summed E-state index contributed by atoms with van der Waals surface area (Å²) in [7, 11) is 0. The number of hydrogen-bond donors (Lipinski definition) is 0. The van der Waals surface area contributed by atoms with Gasteiger partial charge in [0.15, 0.2) is 5.13 Å². The van der Waals surface area contributed by atoms with Crippen molar-refractivity contribution in [1.29, 1.82) is 0 Å². The van der Waals surface area contributed by atoms with Gasteiger partial charge >= 0.3 is 0 Å². The molecule has 0 bridgehead atoms. The molecule has 6 nitrogen and oxygen atoms in total. The predicted molar refractivity (Wildman–Crippen MR) is 181 cm³/mol. The summed E-state index contributed by atoms with van der Waals surface area (Å²) < 4.78 is 8.89. The molecule has 0 saturated carbocycles. The van der Waals surface area contributed by atoms with Gasteiger partial charge in [-0.2, -0.15) is 0 Å². The molecule has 1 saturated heterocycles. The highest BCUT2D eigenvalue weighted by Crippen LogP contribution is 2.41. The zero-order valence-corrected chi connectivity index (χ0v) is 26.2. The number of thiazole rings is 1. The maximum atomic E-state index is 14.2. The molecule has 1 aliphatic heterocycles. The van der Waals surface area contributed by atoms with Crippen LogP contribution < -0.4 is 4.90 Å². The van der Waals surface area contributed by atoms with E-state index in [2.05, 4.69) is 109 Å². The van der Waals surface area contributed by atoms with Gasteiger partial charge in [0.05, 0.1) is 28.8 Å². The van der Waals surface area contributed by atoms with Crippen molar-refractivity contribution >= 4 is 32.6 Å². The number of imidazole rings is 1. The maximum Gasteiger partial charge on any atom is 0.232 e. The van der Waals surface area contributed by atoms with E-state index in [0.717, 1.165) is 39.0 Å². The number of aryl methyl sites for hydroxylation is 1. The van der Waals surface area contributed by atoms with Crippen LogP contribution in [0, 0.1) is 5.92 Å². The molecule has 226 valence electrons. The van der Waals surface area contributed by atoms with Crippen LogP contribution in [0.4, 0.5) is 5.13 Å². The van der Waals surface area contributed by atoms with E-state index in [0.29, 0.717) is 37.7 Å². The Labute approximate surface area is 268 Å². The Hall–Kier alpha value is -4.59. The molecule has 7 heteroatoms. The lowest BCUT2D eigenvalue weighted by Crippen LogP contribution is -2.38. The van der Waals surface area contributed by atoms with Crippen molar-refractivity contribution in [2.45, 2.75) is 38.3 Å². The van der Waals surface area contributed by atoms with Gasteiger partial charge < -0.3 is 9.30 Å².